The van der Waals surface area contributed by atoms with Crippen LogP contribution < -0.4 is 15.5 Å². The van der Waals surface area contributed by atoms with Crippen molar-refractivity contribution in [3.63, 3.8) is 0 Å². The van der Waals surface area contributed by atoms with Crippen molar-refractivity contribution >= 4 is 45.8 Å². The zero-order chi connectivity index (χ0) is 26.9. The third-order valence-corrected chi connectivity index (χ3v) is 8.25. The number of carbonyl (C=O) groups is 2. The predicted molar refractivity (Wildman–Crippen MR) is 152 cm³/mol. The van der Waals surface area contributed by atoms with Gasteiger partial charge in [0.1, 0.15) is 10.8 Å². The third-order valence-electron chi connectivity index (χ3n) is 7.43. The lowest BCUT2D eigenvalue weighted by Crippen LogP contribution is -2.59. The van der Waals surface area contributed by atoms with E-state index in [0.717, 1.165) is 66.3 Å². The lowest BCUT2D eigenvalue weighted by atomic mass is 9.79. The maximum Gasteiger partial charge on any atom is 0.245 e. The summed E-state index contributed by atoms with van der Waals surface area (Å²) < 4.78 is 0. The minimum atomic E-state index is -0.0606. The maximum atomic E-state index is 12.3. The number of anilines is 2. The molecule has 1 atom stereocenters. The molecule has 0 saturated carbocycles. The summed E-state index contributed by atoms with van der Waals surface area (Å²) in [5, 5.41) is 10.2. The van der Waals surface area contributed by atoms with Crippen LogP contribution >= 0.6 is 11.3 Å². The topological polar surface area (TPSA) is 103 Å². The Hall–Kier alpha value is -3.53. The molecular formula is C28H35N7O2S. The van der Waals surface area contributed by atoms with Crippen molar-refractivity contribution in [2.45, 2.75) is 39.2 Å². The summed E-state index contributed by atoms with van der Waals surface area (Å²) in [7, 11) is 1.67. The van der Waals surface area contributed by atoms with E-state index in [4.69, 9.17) is 9.97 Å². The van der Waals surface area contributed by atoms with Crippen LogP contribution in [0, 0.1) is 11.3 Å². The molecule has 2 aliphatic rings. The Kier molecular flexibility index (Phi) is 7.34. The monoisotopic (exact) mass is 533 g/mol. The van der Waals surface area contributed by atoms with Crippen LogP contribution in [0.3, 0.4) is 0 Å². The average Bonchev–Trinajstić information content (AvgIpc) is 3.57. The summed E-state index contributed by atoms with van der Waals surface area (Å²) in [5.41, 5.74) is 1.93. The average molecular weight is 534 g/mol. The zero-order valence-electron chi connectivity index (χ0n) is 22.2. The fraction of sp³-hybridized carbons (Fsp3) is 0.464. The molecule has 4 heterocycles. The number of likely N-dealkylation sites (tertiary alicyclic amines) is 1. The van der Waals surface area contributed by atoms with Gasteiger partial charge in [-0.1, -0.05) is 26.5 Å². The Morgan fingerprint density at radius 1 is 1.24 bits per heavy atom. The molecule has 38 heavy (non-hydrogen) atoms. The van der Waals surface area contributed by atoms with Gasteiger partial charge < -0.3 is 20.4 Å². The number of fused-ring (bicyclic) bond motifs is 1. The summed E-state index contributed by atoms with van der Waals surface area (Å²) in [4.78, 5) is 42.9. The largest absolute Gasteiger partial charge is 0.366 e. The highest BCUT2D eigenvalue weighted by Gasteiger charge is 2.49. The Morgan fingerprint density at radius 2 is 2.05 bits per heavy atom. The van der Waals surface area contributed by atoms with E-state index in [1.54, 1.807) is 24.6 Å². The molecule has 5 rings (SSSR count). The number of benzene rings is 1. The molecule has 2 fully saturated rings. The molecule has 0 aliphatic carbocycles. The van der Waals surface area contributed by atoms with Crippen LogP contribution in [-0.2, 0) is 9.59 Å². The van der Waals surface area contributed by atoms with Crippen LogP contribution in [0.25, 0.3) is 21.5 Å². The standard InChI is InChI=1S/C28H35N7O2S/c1-5-24(37)35-16-28(17-35)8-10-34(15-28)27-32-22-13-19(26-30-9-11-38-26)6-7-21(22)25(33-27)31-20(12-18(2)3)14-23(36)29-4/h5-7,9,11,13,18,20H,1,8,10,12,14-17H2,2-4H3,(H,29,36)(H,31,32,33)/t20-/m0/s1. The van der Waals surface area contributed by atoms with Crippen molar-refractivity contribution < 1.29 is 9.59 Å². The Balaban J connectivity index is 1.48. The smallest absolute Gasteiger partial charge is 0.245 e. The number of amides is 2. The second-order valence-electron chi connectivity index (χ2n) is 10.9. The number of aromatic nitrogens is 3. The molecule has 10 heteroatoms. The number of rotatable bonds is 9. The van der Waals surface area contributed by atoms with Gasteiger partial charge in [-0.05, 0) is 37.0 Å². The molecule has 3 aromatic rings. The Labute approximate surface area is 227 Å². The van der Waals surface area contributed by atoms with Crippen molar-refractivity contribution in [2.75, 3.05) is 43.4 Å². The molecule has 2 amide bonds. The predicted octanol–water partition coefficient (Wildman–Crippen LogP) is 3.94. The van der Waals surface area contributed by atoms with E-state index in [2.05, 4.69) is 53.1 Å². The fourth-order valence-corrected chi connectivity index (χ4v) is 6.20. The van der Waals surface area contributed by atoms with Crippen molar-refractivity contribution in [3.05, 3.63) is 42.4 Å². The van der Waals surface area contributed by atoms with E-state index in [1.807, 2.05) is 16.3 Å². The molecular weight excluding hydrogens is 498 g/mol. The van der Waals surface area contributed by atoms with Gasteiger partial charge in [0.2, 0.25) is 17.8 Å². The summed E-state index contributed by atoms with van der Waals surface area (Å²) in [6.45, 7) is 11.0. The number of nitrogens with one attached hydrogen (secondary N) is 2. The van der Waals surface area contributed by atoms with Crippen molar-refractivity contribution in [1.29, 1.82) is 0 Å². The summed E-state index contributed by atoms with van der Waals surface area (Å²) >= 11 is 1.60. The minimum Gasteiger partial charge on any atom is -0.366 e. The van der Waals surface area contributed by atoms with E-state index < -0.39 is 0 Å². The third kappa shape index (κ3) is 5.36. The molecule has 2 saturated heterocycles. The fourth-order valence-electron chi connectivity index (χ4n) is 5.56. The van der Waals surface area contributed by atoms with Crippen LogP contribution in [0.2, 0.25) is 0 Å². The Bertz CT molecular complexity index is 1330. The van der Waals surface area contributed by atoms with Gasteiger partial charge in [-0.15, -0.1) is 11.3 Å². The number of nitrogens with zero attached hydrogens (tertiary/aromatic N) is 5. The molecule has 0 radical (unpaired) electrons. The van der Waals surface area contributed by atoms with Gasteiger partial charge in [-0.2, -0.15) is 4.98 Å². The van der Waals surface area contributed by atoms with E-state index in [9.17, 15) is 9.59 Å². The second-order valence-corrected chi connectivity index (χ2v) is 11.8. The summed E-state index contributed by atoms with van der Waals surface area (Å²) in [6, 6.07) is 6.10. The first-order valence-corrected chi connectivity index (χ1v) is 14.0. The Morgan fingerprint density at radius 3 is 2.74 bits per heavy atom. The SMILES string of the molecule is C=CC(=O)N1CC2(CCN(c3nc(N[C@H](CC(=O)NC)CC(C)C)c4ccc(-c5nccs5)cc4n3)C2)C1. The highest BCUT2D eigenvalue weighted by Crippen LogP contribution is 2.41. The van der Waals surface area contributed by atoms with Gasteiger partial charge in [-0.25, -0.2) is 9.97 Å². The number of carbonyl (C=O) groups excluding carboxylic acids is 2. The van der Waals surface area contributed by atoms with Crippen LogP contribution in [0.15, 0.2) is 42.4 Å². The first kappa shape index (κ1) is 26.1. The highest BCUT2D eigenvalue weighted by molar-refractivity contribution is 7.13. The molecule has 2 aliphatic heterocycles. The lowest BCUT2D eigenvalue weighted by Gasteiger charge is -2.47. The van der Waals surface area contributed by atoms with Gasteiger partial charge in [0, 0.05) is 73.6 Å². The normalized spacial score (nSPS) is 17.1. The zero-order valence-corrected chi connectivity index (χ0v) is 23.1. The number of hydrogen-bond donors (Lipinski definition) is 2. The molecule has 1 spiro atoms. The molecule has 1 aromatic carbocycles. The molecule has 200 valence electrons. The van der Waals surface area contributed by atoms with Crippen LogP contribution in [0.1, 0.15) is 33.1 Å². The summed E-state index contributed by atoms with van der Waals surface area (Å²) in [5.74, 6) is 1.81. The summed E-state index contributed by atoms with van der Waals surface area (Å²) in [6.07, 6.45) is 5.39. The molecule has 0 bridgehead atoms. The van der Waals surface area contributed by atoms with Gasteiger partial charge >= 0.3 is 0 Å². The van der Waals surface area contributed by atoms with E-state index in [1.165, 1.54) is 6.08 Å². The minimum absolute atomic E-state index is 0.00196. The molecule has 0 unspecified atom stereocenters. The highest BCUT2D eigenvalue weighted by atomic mass is 32.1. The van der Waals surface area contributed by atoms with Crippen molar-refractivity contribution in [3.8, 4) is 10.6 Å². The van der Waals surface area contributed by atoms with Gasteiger partial charge in [0.25, 0.3) is 0 Å². The van der Waals surface area contributed by atoms with Crippen LogP contribution in [-0.4, -0.2) is 70.9 Å². The molecule has 2 aromatic heterocycles. The van der Waals surface area contributed by atoms with Gasteiger partial charge in [-0.3, -0.25) is 9.59 Å². The number of thiazole rings is 1. The van der Waals surface area contributed by atoms with Crippen molar-refractivity contribution in [1.82, 2.24) is 25.2 Å². The maximum absolute atomic E-state index is 12.3. The lowest BCUT2D eigenvalue weighted by molar-refractivity contribution is -0.136. The van der Waals surface area contributed by atoms with Crippen LogP contribution in [0.5, 0.6) is 0 Å². The first-order chi connectivity index (χ1) is 18.3. The van der Waals surface area contributed by atoms with Crippen LogP contribution in [0.4, 0.5) is 11.8 Å². The number of hydrogen-bond acceptors (Lipinski definition) is 8. The van der Waals surface area contributed by atoms with E-state index in [0.29, 0.717) is 18.3 Å². The van der Waals surface area contributed by atoms with Gasteiger partial charge in [0.05, 0.1) is 5.52 Å². The van der Waals surface area contributed by atoms with Crippen molar-refractivity contribution in [2.24, 2.45) is 11.3 Å². The quantitative estimate of drug-likeness (QED) is 0.402. The molecule has 9 nitrogen and oxygen atoms in total. The first-order valence-electron chi connectivity index (χ1n) is 13.1. The van der Waals surface area contributed by atoms with E-state index >= 15 is 0 Å². The second kappa shape index (κ2) is 10.7. The van der Waals surface area contributed by atoms with E-state index in [-0.39, 0.29) is 23.3 Å². The van der Waals surface area contributed by atoms with Gasteiger partial charge in [0.15, 0.2) is 0 Å². The molecule has 2 N–H and O–H groups in total.